The SMILES string of the molecule is O=C(O)CCCNC(=O)[C@H]1SCCc2sccc21. The van der Waals surface area contributed by atoms with Gasteiger partial charge >= 0.3 is 5.97 Å². The number of carbonyl (C=O) groups is 2. The Morgan fingerprint density at radius 2 is 2.33 bits per heavy atom. The molecule has 0 saturated carbocycles. The summed E-state index contributed by atoms with van der Waals surface area (Å²) in [4.78, 5) is 23.7. The van der Waals surface area contributed by atoms with Gasteiger partial charge in [-0.15, -0.1) is 23.1 Å². The number of carboxylic acids is 1. The smallest absolute Gasteiger partial charge is 0.303 e. The zero-order valence-electron chi connectivity index (χ0n) is 9.85. The molecular weight excluding hydrogens is 270 g/mol. The summed E-state index contributed by atoms with van der Waals surface area (Å²) in [5.74, 6) is 0.155. The summed E-state index contributed by atoms with van der Waals surface area (Å²) in [6, 6.07) is 2.02. The van der Waals surface area contributed by atoms with E-state index in [0.717, 1.165) is 17.7 Å². The fraction of sp³-hybridized carbons (Fsp3) is 0.500. The van der Waals surface area contributed by atoms with E-state index >= 15 is 0 Å². The second-order valence-electron chi connectivity index (χ2n) is 4.09. The minimum absolute atomic E-state index is 0.00439. The van der Waals surface area contributed by atoms with Crippen molar-refractivity contribution < 1.29 is 14.7 Å². The van der Waals surface area contributed by atoms with Crippen LogP contribution in [0.4, 0.5) is 0 Å². The lowest BCUT2D eigenvalue weighted by molar-refractivity contribution is -0.137. The number of carbonyl (C=O) groups excluding carboxylic acids is 1. The number of fused-ring (bicyclic) bond motifs is 1. The molecule has 6 heteroatoms. The van der Waals surface area contributed by atoms with E-state index in [1.54, 1.807) is 23.1 Å². The van der Waals surface area contributed by atoms with E-state index in [1.807, 2.05) is 11.4 Å². The molecule has 2 heterocycles. The summed E-state index contributed by atoms with van der Waals surface area (Å²) >= 11 is 3.37. The van der Waals surface area contributed by atoms with Crippen molar-refractivity contribution in [1.82, 2.24) is 5.32 Å². The van der Waals surface area contributed by atoms with Gasteiger partial charge in [-0.05, 0) is 35.6 Å². The highest BCUT2D eigenvalue weighted by Crippen LogP contribution is 2.39. The summed E-state index contributed by atoms with van der Waals surface area (Å²) in [6.07, 6.45) is 1.62. The maximum Gasteiger partial charge on any atom is 0.303 e. The average Bonchev–Trinajstić information content (AvgIpc) is 2.82. The number of carboxylic acid groups (broad SMARTS) is 1. The molecule has 1 atom stereocenters. The first-order valence-corrected chi connectivity index (χ1v) is 7.78. The highest BCUT2D eigenvalue weighted by Gasteiger charge is 2.27. The highest BCUT2D eigenvalue weighted by molar-refractivity contribution is 8.00. The van der Waals surface area contributed by atoms with Crippen LogP contribution in [0, 0.1) is 0 Å². The Morgan fingerprint density at radius 3 is 3.11 bits per heavy atom. The molecule has 2 N–H and O–H groups in total. The second kappa shape index (κ2) is 6.24. The van der Waals surface area contributed by atoms with Gasteiger partial charge in [-0.2, -0.15) is 0 Å². The van der Waals surface area contributed by atoms with Gasteiger partial charge in [-0.1, -0.05) is 0 Å². The van der Waals surface area contributed by atoms with Crippen LogP contribution in [-0.4, -0.2) is 29.3 Å². The Kier molecular flexibility index (Phi) is 4.66. The minimum Gasteiger partial charge on any atom is -0.481 e. The molecule has 0 radical (unpaired) electrons. The van der Waals surface area contributed by atoms with Gasteiger partial charge < -0.3 is 10.4 Å². The van der Waals surface area contributed by atoms with Crippen LogP contribution in [0.25, 0.3) is 0 Å². The molecule has 1 aromatic rings. The van der Waals surface area contributed by atoms with Crippen LogP contribution in [0.2, 0.25) is 0 Å². The first-order chi connectivity index (χ1) is 8.68. The molecule has 18 heavy (non-hydrogen) atoms. The van der Waals surface area contributed by atoms with E-state index in [2.05, 4.69) is 5.32 Å². The first-order valence-electron chi connectivity index (χ1n) is 5.86. The molecule has 1 aromatic heterocycles. The fourth-order valence-corrected chi connectivity index (χ4v) is 4.22. The maximum absolute atomic E-state index is 12.0. The molecule has 1 aliphatic rings. The van der Waals surface area contributed by atoms with Crippen LogP contribution in [0.3, 0.4) is 0 Å². The molecule has 0 aromatic carbocycles. The zero-order valence-corrected chi connectivity index (χ0v) is 11.5. The number of hydrogen-bond donors (Lipinski definition) is 2. The van der Waals surface area contributed by atoms with Crippen LogP contribution < -0.4 is 5.32 Å². The molecule has 0 spiro atoms. The van der Waals surface area contributed by atoms with Crippen molar-refractivity contribution in [3.63, 3.8) is 0 Å². The van der Waals surface area contributed by atoms with Gasteiger partial charge in [0.2, 0.25) is 5.91 Å². The number of hydrogen-bond acceptors (Lipinski definition) is 4. The van der Waals surface area contributed by atoms with Gasteiger partial charge in [0.15, 0.2) is 0 Å². The number of aryl methyl sites for hydroxylation is 1. The van der Waals surface area contributed by atoms with Crippen molar-refractivity contribution >= 4 is 35.0 Å². The van der Waals surface area contributed by atoms with Crippen LogP contribution in [-0.2, 0) is 16.0 Å². The molecule has 0 saturated heterocycles. The van der Waals surface area contributed by atoms with Crippen LogP contribution in [0.1, 0.15) is 28.5 Å². The predicted octanol–water partition coefficient (Wildman–Crippen LogP) is 2.06. The Bertz CT molecular complexity index is 444. The average molecular weight is 285 g/mol. The third-order valence-electron chi connectivity index (χ3n) is 2.78. The monoisotopic (exact) mass is 285 g/mol. The van der Waals surface area contributed by atoms with Crippen LogP contribution in [0.5, 0.6) is 0 Å². The standard InChI is InChI=1S/C12H15NO3S2/c14-10(15)2-1-5-13-12(16)11-8-3-6-17-9(8)4-7-18-11/h3,6,11H,1-2,4-5,7H2,(H,13,16)(H,14,15)/t11-/m0/s1. The number of thiophene rings is 1. The summed E-state index contributed by atoms with van der Waals surface area (Å²) in [5, 5.41) is 13.2. The van der Waals surface area contributed by atoms with E-state index < -0.39 is 5.97 Å². The van der Waals surface area contributed by atoms with Crippen molar-refractivity contribution in [2.24, 2.45) is 0 Å². The van der Waals surface area contributed by atoms with Gasteiger partial charge in [0.1, 0.15) is 5.25 Å². The van der Waals surface area contributed by atoms with E-state index in [4.69, 9.17) is 5.11 Å². The molecular formula is C12H15NO3S2. The third-order valence-corrected chi connectivity index (χ3v) is 5.02. The number of aliphatic carboxylic acids is 1. The number of rotatable bonds is 5. The lowest BCUT2D eigenvalue weighted by Gasteiger charge is -2.21. The molecule has 1 aliphatic heterocycles. The fourth-order valence-electron chi connectivity index (χ4n) is 1.91. The van der Waals surface area contributed by atoms with E-state index in [-0.39, 0.29) is 17.6 Å². The topological polar surface area (TPSA) is 66.4 Å². The van der Waals surface area contributed by atoms with Crippen molar-refractivity contribution in [1.29, 1.82) is 0 Å². The Balaban J connectivity index is 1.85. The minimum atomic E-state index is -0.823. The summed E-state index contributed by atoms with van der Waals surface area (Å²) in [7, 11) is 0. The van der Waals surface area contributed by atoms with Gasteiger partial charge in [0.25, 0.3) is 0 Å². The quantitative estimate of drug-likeness (QED) is 0.813. The zero-order chi connectivity index (χ0) is 13.0. The van der Waals surface area contributed by atoms with Gasteiger partial charge in [0.05, 0.1) is 0 Å². The summed E-state index contributed by atoms with van der Waals surface area (Å²) in [6.45, 7) is 0.432. The molecule has 0 fully saturated rings. The summed E-state index contributed by atoms with van der Waals surface area (Å²) in [5.41, 5.74) is 1.13. The number of nitrogens with one attached hydrogen (secondary N) is 1. The van der Waals surface area contributed by atoms with Crippen molar-refractivity contribution in [2.75, 3.05) is 12.3 Å². The highest BCUT2D eigenvalue weighted by atomic mass is 32.2. The molecule has 2 rings (SSSR count). The number of amides is 1. The Labute approximate surface area is 114 Å². The van der Waals surface area contributed by atoms with E-state index in [9.17, 15) is 9.59 Å². The molecule has 0 unspecified atom stereocenters. The summed E-state index contributed by atoms with van der Waals surface area (Å²) < 4.78 is 0. The molecule has 1 amide bonds. The van der Waals surface area contributed by atoms with Gasteiger partial charge in [-0.25, -0.2) is 0 Å². The Hall–Kier alpha value is -1.01. The largest absolute Gasteiger partial charge is 0.481 e. The molecule has 0 aliphatic carbocycles. The molecule has 4 nitrogen and oxygen atoms in total. The van der Waals surface area contributed by atoms with Gasteiger partial charge in [-0.3, -0.25) is 9.59 Å². The van der Waals surface area contributed by atoms with E-state index in [1.165, 1.54) is 4.88 Å². The maximum atomic E-state index is 12.0. The molecule has 0 bridgehead atoms. The molecule has 98 valence electrons. The van der Waals surface area contributed by atoms with Crippen molar-refractivity contribution in [2.45, 2.75) is 24.5 Å². The van der Waals surface area contributed by atoms with E-state index in [0.29, 0.717) is 13.0 Å². The lowest BCUT2D eigenvalue weighted by atomic mass is 10.1. The van der Waals surface area contributed by atoms with Crippen molar-refractivity contribution in [3.8, 4) is 0 Å². The predicted molar refractivity (Wildman–Crippen MR) is 73.1 cm³/mol. The third kappa shape index (κ3) is 3.26. The van der Waals surface area contributed by atoms with Gasteiger partial charge in [0, 0.05) is 17.8 Å². The Morgan fingerprint density at radius 1 is 1.50 bits per heavy atom. The van der Waals surface area contributed by atoms with Crippen LogP contribution >= 0.6 is 23.1 Å². The lowest BCUT2D eigenvalue weighted by Crippen LogP contribution is -2.30. The number of thioether (sulfide) groups is 1. The normalized spacial score (nSPS) is 18.1. The first kappa shape index (κ1) is 13.4. The second-order valence-corrected chi connectivity index (χ2v) is 6.30. The van der Waals surface area contributed by atoms with Crippen LogP contribution in [0.15, 0.2) is 11.4 Å². The van der Waals surface area contributed by atoms with Crippen molar-refractivity contribution in [3.05, 3.63) is 21.9 Å².